The summed E-state index contributed by atoms with van der Waals surface area (Å²) in [6.45, 7) is 1.35. The minimum absolute atomic E-state index is 0.293. The normalized spacial score (nSPS) is 12.1. The molecular formula is C14H14N2O3. The van der Waals surface area contributed by atoms with Crippen LogP contribution in [0.3, 0.4) is 0 Å². The van der Waals surface area contributed by atoms with E-state index in [0.717, 1.165) is 10.9 Å². The zero-order chi connectivity index (χ0) is 14.0. The van der Waals surface area contributed by atoms with E-state index < -0.39 is 12.0 Å². The lowest BCUT2D eigenvalue weighted by Crippen LogP contribution is -2.34. The molecule has 0 aliphatic heterocycles. The average Bonchev–Trinajstić information content (AvgIpc) is 2.38. The van der Waals surface area contributed by atoms with Gasteiger partial charge in [0, 0.05) is 25.6 Å². The molecule has 1 atom stereocenters. The molecule has 0 saturated carbocycles. The molecule has 0 aliphatic rings. The number of carbonyl (C=O) groups excluding carboxylic acids is 1. The fourth-order valence-electron chi connectivity index (χ4n) is 1.98. The first-order valence-electron chi connectivity index (χ1n) is 5.81. The zero-order valence-corrected chi connectivity index (χ0v) is 10.7. The Morgan fingerprint density at radius 2 is 2.05 bits per heavy atom. The van der Waals surface area contributed by atoms with Crippen molar-refractivity contribution in [3.8, 4) is 0 Å². The molecule has 0 spiro atoms. The van der Waals surface area contributed by atoms with Crippen LogP contribution in [0, 0.1) is 0 Å². The number of carboxylic acid groups (broad SMARTS) is 1. The molecule has 1 aromatic carbocycles. The number of hydrogen-bond acceptors (Lipinski definition) is 3. The number of fused-ring (bicyclic) bond motifs is 1. The third-order valence-corrected chi connectivity index (χ3v) is 3.06. The zero-order valence-electron chi connectivity index (χ0n) is 10.7. The first-order chi connectivity index (χ1) is 9.00. The molecule has 1 unspecified atom stereocenters. The summed E-state index contributed by atoms with van der Waals surface area (Å²) < 4.78 is 0. The average molecular weight is 258 g/mol. The highest BCUT2D eigenvalue weighted by Crippen LogP contribution is 2.23. The molecular weight excluding hydrogens is 244 g/mol. The first kappa shape index (κ1) is 13.0. The Morgan fingerprint density at radius 3 is 2.68 bits per heavy atom. The van der Waals surface area contributed by atoms with Gasteiger partial charge in [-0.1, -0.05) is 12.1 Å². The molecule has 1 N–H and O–H groups in total. The Morgan fingerprint density at radius 1 is 1.32 bits per heavy atom. The Kier molecular flexibility index (Phi) is 3.46. The van der Waals surface area contributed by atoms with Crippen molar-refractivity contribution in [3.63, 3.8) is 0 Å². The summed E-state index contributed by atoms with van der Waals surface area (Å²) in [5.41, 5.74) is 1.35. The van der Waals surface area contributed by atoms with Crippen LogP contribution in [0.1, 0.15) is 18.5 Å². The number of carbonyl (C=O) groups is 2. The van der Waals surface area contributed by atoms with E-state index in [1.54, 1.807) is 30.5 Å². The molecule has 19 heavy (non-hydrogen) atoms. The maximum Gasteiger partial charge on any atom is 0.331 e. The highest BCUT2D eigenvalue weighted by Gasteiger charge is 2.26. The van der Waals surface area contributed by atoms with Crippen molar-refractivity contribution in [2.45, 2.75) is 13.0 Å². The summed E-state index contributed by atoms with van der Waals surface area (Å²) in [4.78, 5) is 28.1. The highest BCUT2D eigenvalue weighted by molar-refractivity contribution is 5.86. The molecule has 5 heteroatoms. The van der Waals surface area contributed by atoms with Crippen molar-refractivity contribution in [1.29, 1.82) is 0 Å². The fraction of sp³-hybridized carbons (Fsp3) is 0.214. The van der Waals surface area contributed by atoms with E-state index in [9.17, 15) is 14.7 Å². The fourth-order valence-corrected chi connectivity index (χ4v) is 1.98. The molecule has 0 saturated heterocycles. The van der Waals surface area contributed by atoms with E-state index in [2.05, 4.69) is 4.98 Å². The monoisotopic (exact) mass is 258 g/mol. The van der Waals surface area contributed by atoms with Crippen LogP contribution in [-0.4, -0.2) is 33.9 Å². The minimum atomic E-state index is -1.05. The van der Waals surface area contributed by atoms with Gasteiger partial charge in [-0.15, -0.1) is 0 Å². The summed E-state index contributed by atoms with van der Waals surface area (Å²) in [7, 11) is 1.48. The van der Waals surface area contributed by atoms with Gasteiger partial charge < -0.3 is 10.0 Å². The lowest BCUT2D eigenvalue weighted by atomic mass is 10.0. The maximum absolute atomic E-state index is 11.4. The molecule has 0 bridgehead atoms. The third kappa shape index (κ3) is 2.54. The van der Waals surface area contributed by atoms with Gasteiger partial charge in [0.15, 0.2) is 6.04 Å². The van der Waals surface area contributed by atoms with Gasteiger partial charge >= 0.3 is 5.97 Å². The van der Waals surface area contributed by atoms with Gasteiger partial charge in [-0.2, -0.15) is 0 Å². The van der Waals surface area contributed by atoms with E-state index in [4.69, 9.17) is 0 Å². The highest BCUT2D eigenvalue weighted by atomic mass is 16.4. The number of aliphatic carboxylic acids is 1. The SMILES string of the molecule is CC(=O)N(C)C(C(=O)O)c1ccc2ncccc2c1. The number of carboxylic acids is 1. The van der Waals surface area contributed by atoms with Crippen LogP contribution in [0.15, 0.2) is 36.5 Å². The van der Waals surface area contributed by atoms with Crippen LogP contribution in [-0.2, 0) is 9.59 Å². The smallest absolute Gasteiger partial charge is 0.331 e. The minimum Gasteiger partial charge on any atom is -0.479 e. The quantitative estimate of drug-likeness (QED) is 0.911. The number of pyridine rings is 1. The number of benzene rings is 1. The molecule has 2 rings (SSSR count). The standard InChI is InChI=1S/C14H14N2O3/c1-9(17)16(2)13(14(18)19)11-5-6-12-10(8-11)4-3-7-15-12/h3-8,13H,1-2H3,(H,18,19). The summed E-state index contributed by atoms with van der Waals surface area (Å²) in [5, 5.41) is 10.2. The van der Waals surface area contributed by atoms with Crippen molar-refractivity contribution in [2.24, 2.45) is 0 Å². The van der Waals surface area contributed by atoms with Gasteiger partial charge in [-0.3, -0.25) is 9.78 Å². The molecule has 98 valence electrons. The Balaban J connectivity index is 2.50. The first-order valence-corrected chi connectivity index (χ1v) is 5.81. The predicted molar refractivity (Wildman–Crippen MR) is 70.6 cm³/mol. The largest absolute Gasteiger partial charge is 0.479 e. The van der Waals surface area contributed by atoms with Gasteiger partial charge in [-0.25, -0.2) is 4.79 Å². The van der Waals surface area contributed by atoms with Crippen LogP contribution in [0.4, 0.5) is 0 Å². The third-order valence-electron chi connectivity index (χ3n) is 3.06. The van der Waals surface area contributed by atoms with Crippen molar-refractivity contribution >= 4 is 22.8 Å². The number of hydrogen-bond donors (Lipinski definition) is 1. The summed E-state index contributed by atoms with van der Waals surface area (Å²) in [6.07, 6.45) is 1.68. The van der Waals surface area contributed by atoms with E-state index in [-0.39, 0.29) is 5.91 Å². The molecule has 2 aromatic rings. The lowest BCUT2D eigenvalue weighted by molar-refractivity contribution is -0.148. The molecule has 1 heterocycles. The van der Waals surface area contributed by atoms with Gasteiger partial charge in [0.25, 0.3) is 0 Å². The molecule has 1 aromatic heterocycles. The number of amides is 1. The van der Waals surface area contributed by atoms with Crippen molar-refractivity contribution in [3.05, 3.63) is 42.1 Å². The summed E-state index contributed by atoms with van der Waals surface area (Å²) >= 11 is 0. The molecule has 5 nitrogen and oxygen atoms in total. The van der Waals surface area contributed by atoms with Gasteiger partial charge in [0.1, 0.15) is 0 Å². The molecule has 1 amide bonds. The Bertz CT molecular complexity index is 639. The van der Waals surface area contributed by atoms with E-state index in [1.165, 1.54) is 18.9 Å². The Hall–Kier alpha value is -2.43. The van der Waals surface area contributed by atoms with Gasteiger partial charge in [-0.05, 0) is 23.8 Å². The van der Waals surface area contributed by atoms with Crippen LogP contribution in [0.5, 0.6) is 0 Å². The van der Waals surface area contributed by atoms with Gasteiger partial charge in [0.05, 0.1) is 5.52 Å². The number of aromatic nitrogens is 1. The number of likely N-dealkylation sites (N-methyl/N-ethyl adjacent to an activating group) is 1. The lowest BCUT2D eigenvalue weighted by Gasteiger charge is -2.24. The van der Waals surface area contributed by atoms with Gasteiger partial charge in [0.2, 0.25) is 5.91 Å². The summed E-state index contributed by atoms with van der Waals surface area (Å²) in [5.74, 6) is -1.35. The number of rotatable bonds is 3. The number of nitrogens with zero attached hydrogens (tertiary/aromatic N) is 2. The Labute approximate surface area is 110 Å². The van der Waals surface area contributed by atoms with Crippen LogP contribution < -0.4 is 0 Å². The van der Waals surface area contributed by atoms with Crippen molar-refractivity contribution in [1.82, 2.24) is 9.88 Å². The van der Waals surface area contributed by atoms with Crippen LogP contribution in [0.25, 0.3) is 10.9 Å². The second-order valence-electron chi connectivity index (χ2n) is 4.33. The maximum atomic E-state index is 11.4. The van der Waals surface area contributed by atoms with Crippen LogP contribution in [0.2, 0.25) is 0 Å². The molecule has 0 radical (unpaired) electrons. The van der Waals surface area contributed by atoms with E-state index in [1.807, 2.05) is 6.07 Å². The second kappa shape index (κ2) is 5.06. The molecule has 0 aliphatic carbocycles. The van der Waals surface area contributed by atoms with Crippen molar-refractivity contribution < 1.29 is 14.7 Å². The molecule has 0 fully saturated rings. The predicted octanol–water partition coefficient (Wildman–Crippen LogP) is 1.84. The summed E-state index contributed by atoms with van der Waals surface area (Å²) in [6, 6.07) is 7.86. The van der Waals surface area contributed by atoms with E-state index >= 15 is 0 Å². The van der Waals surface area contributed by atoms with Crippen LogP contribution >= 0.6 is 0 Å². The second-order valence-corrected chi connectivity index (χ2v) is 4.33. The van der Waals surface area contributed by atoms with Crippen molar-refractivity contribution in [2.75, 3.05) is 7.05 Å². The van der Waals surface area contributed by atoms with E-state index in [0.29, 0.717) is 5.56 Å². The topological polar surface area (TPSA) is 70.5 Å².